The second-order valence-corrected chi connectivity index (χ2v) is 20.1. The first-order valence-electron chi connectivity index (χ1n) is 10.4. The molecule has 0 saturated heterocycles. The van der Waals surface area contributed by atoms with E-state index in [1.165, 1.54) is 10.4 Å². The number of benzene rings is 2. The zero-order chi connectivity index (χ0) is 20.0. The van der Waals surface area contributed by atoms with E-state index in [-0.39, 0.29) is 0 Å². The van der Waals surface area contributed by atoms with Gasteiger partial charge in [-0.15, -0.1) is 0 Å². The van der Waals surface area contributed by atoms with Crippen molar-refractivity contribution in [3.05, 3.63) is 60.7 Å². The fourth-order valence-electron chi connectivity index (χ4n) is 4.17. The molecule has 2 nitrogen and oxygen atoms in total. The number of rotatable bonds is 10. The van der Waals surface area contributed by atoms with Gasteiger partial charge in [0, 0.05) is 0 Å². The molecule has 0 unspecified atom stereocenters. The highest BCUT2D eigenvalue weighted by molar-refractivity contribution is 6.97. The minimum Gasteiger partial charge on any atom is -0.432 e. The fraction of sp³-hybridized carbons (Fsp3) is 0.455. The summed E-state index contributed by atoms with van der Waals surface area (Å²) in [6.45, 7) is 13.7. The van der Waals surface area contributed by atoms with Crippen LogP contribution >= 0.6 is 0 Å². The van der Waals surface area contributed by atoms with Crippen LogP contribution in [-0.4, -0.2) is 25.2 Å². The standard InChI is InChI=1S/C22H36O2Si3/c1-7-26(8-2,21-17-13-11-14-18-21)23-25(5,6)24-27(9-3,10-4)22-19-15-12-16-20-22/h11-20H,7-10H2,1-6H3. The molecule has 0 saturated carbocycles. The average molecular weight is 417 g/mol. The summed E-state index contributed by atoms with van der Waals surface area (Å²) in [5, 5.41) is 2.80. The van der Waals surface area contributed by atoms with E-state index in [4.69, 9.17) is 8.23 Å². The minimum atomic E-state index is -2.30. The molecule has 0 fully saturated rings. The highest BCUT2D eigenvalue weighted by atomic mass is 28.5. The summed E-state index contributed by atoms with van der Waals surface area (Å²) < 4.78 is 14.2. The van der Waals surface area contributed by atoms with E-state index in [0.717, 1.165) is 24.2 Å². The lowest BCUT2D eigenvalue weighted by Gasteiger charge is -2.43. The fourth-order valence-corrected chi connectivity index (χ4v) is 19.7. The molecule has 0 aromatic heterocycles. The van der Waals surface area contributed by atoms with Gasteiger partial charge in [0.2, 0.25) is 16.6 Å². The van der Waals surface area contributed by atoms with Crippen molar-refractivity contribution in [2.24, 2.45) is 0 Å². The van der Waals surface area contributed by atoms with Crippen LogP contribution in [0.3, 0.4) is 0 Å². The predicted molar refractivity (Wildman–Crippen MR) is 125 cm³/mol. The van der Waals surface area contributed by atoms with Gasteiger partial charge >= 0.3 is 8.56 Å². The van der Waals surface area contributed by atoms with Gasteiger partial charge in [-0.3, -0.25) is 0 Å². The molecule has 0 heterocycles. The lowest BCUT2D eigenvalue weighted by molar-refractivity contribution is 0.390. The maximum atomic E-state index is 7.08. The van der Waals surface area contributed by atoms with E-state index in [0.29, 0.717) is 0 Å². The highest BCUT2D eigenvalue weighted by Crippen LogP contribution is 2.28. The summed E-state index contributed by atoms with van der Waals surface area (Å²) in [5.74, 6) is 0. The maximum Gasteiger partial charge on any atom is 0.311 e. The van der Waals surface area contributed by atoms with Crippen molar-refractivity contribution >= 4 is 35.6 Å². The van der Waals surface area contributed by atoms with Crippen molar-refractivity contribution in [3.63, 3.8) is 0 Å². The summed E-state index contributed by atoms with van der Waals surface area (Å²) in [7, 11) is -6.34. The normalized spacial score (nSPS) is 13.0. The van der Waals surface area contributed by atoms with E-state index in [9.17, 15) is 0 Å². The topological polar surface area (TPSA) is 18.5 Å². The molecular weight excluding hydrogens is 380 g/mol. The molecule has 27 heavy (non-hydrogen) atoms. The molecule has 2 aromatic rings. The monoisotopic (exact) mass is 416 g/mol. The van der Waals surface area contributed by atoms with Crippen molar-refractivity contribution in [1.82, 2.24) is 0 Å². The van der Waals surface area contributed by atoms with Crippen LogP contribution in [0.2, 0.25) is 37.3 Å². The van der Waals surface area contributed by atoms with Gasteiger partial charge in [-0.2, -0.15) is 0 Å². The summed E-state index contributed by atoms with van der Waals surface area (Å²) >= 11 is 0. The van der Waals surface area contributed by atoms with E-state index < -0.39 is 25.2 Å². The van der Waals surface area contributed by atoms with Gasteiger partial charge in [0.05, 0.1) is 0 Å². The van der Waals surface area contributed by atoms with E-state index in [1.807, 2.05) is 0 Å². The third-order valence-corrected chi connectivity index (χ3v) is 20.2. The zero-order valence-corrected chi connectivity index (χ0v) is 20.9. The zero-order valence-electron chi connectivity index (χ0n) is 17.9. The van der Waals surface area contributed by atoms with E-state index >= 15 is 0 Å². The summed E-state index contributed by atoms with van der Waals surface area (Å²) in [4.78, 5) is 0. The minimum absolute atomic E-state index is 1.09. The molecule has 0 bridgehead atoms. The molecule has 5 heteroatoms. The number of hydrogen-bond donors (Lipinski definition) is 0. The van der Waals surface area contributed by atoms with Crippen LogP contribution in [0.15, 0.2) is 60.7 Å². The van der Waals surface area contributed by atoms with Crippen LogP contribution in [0.1, 0.15) is 27.7 Å². The molecular formula is C22H36O2Si3. The summed E-state index contributed by atoms with van der Waals surface area (Å²) in [6, 6.07) is 26.1. The second-order valence-electron chi connectivity index (χ2n) is 7.74. The average Bonchev–Trinajstić information content (AvgIpc) is 2.71. The molecule has 0 atom stereocenters. The Morgan fingerprint density at radius 3 is 1.11 bits per heavy atom. The van der Waals surface area contributed by atoms with Crippen molar-refractivity contribution in [2.75, 3.05) is 0 Å². The maximum absolute atomic E-state index is 7.08. The smallest absolute Gasteiger partial charge is 0.311 e. The Kier molecular flexibility index (Phi) is 7.83. The molecule has 2 rings (SSSR count). The molecule has 0 aliphatic heterocycles. The Bertz CT molecular complexity index is 622. The van der Waals surface area contributed by atoms with Gasteiger partial charge in [0.15, 0.2) is 0 Å². The lowest BCUT2D eigenvalue weighted by Crippen LogP contribution is -2.62. The van der Waals surface area contributed by atoms with E-state index in [1.54, 1.807) is 0 Å². The molecule has 0 spiro atoms. The van der Waals surface area contributed by atoms with Gasteiger partial charge in [-0.05, 0) is 47.6 Å². The molecule has 2 aromatic carbocycles. The molecule has 0 amide bonds. The molecule has 148 valence electrons. The number of hydrogen-bond acceptors (Lipinski definition) is 2. The van der Waals surface area contributed by atoms with Crippen LogP contribution in [0, 0.1) is 0 Å². The second kappa shape index (κ2) is 9.47. The van der Waals surface area contributed by atoms with Gasteiger partial charge < -0.3 is 8.23 Å². The Morgan fingerprint density at radius 2 is 0.852 bits per heavy atom. The Hall–Kier alpha value is -0.989. The lowest BCUT2D eigenvalue weighted by atomic mass is 10.4. The molecule has 0 aliphatic carbocycles. The van der Waals surface area contributed by atoms with Gasteiger partial charge in [-0.25, -0.2) is 0 Å². The van der Waals surface area contributed by atoms with Crippen LogP contribution in [0.5, 0.6) is 0 Å². The quantitative estimate of drug-likeness (QED) is 0.476. The third kappa shape index (κ3) is 5.09. The first-order valence-corrected chi connectivity index (χ1v) is 17.8. The summed E-state index contributed by atoms with van der Waals surface area (Å²) in [6.07, 6.45) is 0. The first-order chi connectivity index (χ1) is 12.9. The summed E-state index contributed by atoms with van der Waals surface area (Å²) in [5.41, 5.74) is 0. The van der Waals surface area contributed by atoms with Crippen LogP contribution in [0.4, 0.5) is 0 Å². The van der Waals surface area contributed by atoms with Crippen LogP contribution < -0.4 is 10.4 Å². The Balaban J connectivity index is 2.35. The van der Waals surface area contributed by atoms with Crippen molar-refractivity contribution in [1.29, 1.82) is 0 Å². The molecule has 0 radical (unpaired) electrons. The Labute approximate surface area is 169 Å². The van der Waals surface area contributed by atoms with Crippen molar-refractivity contribution in [3.8, 4) is 0 Å². The SMILES string of the molecule is CC[Si](CC)(O[Si](C)(C)O[Si](CC)(CC)c1ccccc1)c1ccccc1. The molecule has 0 N–H and O–H groups in total. The highest BCUT2D eigenvalue weighted by Gasteiger charge is 2.46. The Morgan fingerprint density at radius 1 is 0.556 bits per heavy atom. The van der Waals surface area contributed by atoms with Crippen LogP contribution in [0.25, 0.3) is 0 Å². The third-order valence-electron chi connectivity index (χ3n) is 5.77. The largest absolute Gasteiger partial charge is 0.432 e. The van der Waals surface area contributed by atoms with Crippen molar-refractivity contribution < 1.29 is 8.23 Å². The van der Waals surface area contributed by atoms with Gasteiger partial charge in [0.1, 0.15) is 0 Å². The van der Waals surface area contributed by atoms with Crippen molar-refractivity contribution in [2.45, 2.75) is 65.0 Å². The first kappa shape index (κ1) is 22.3. The van der Waals surface area contributed by atoms with Gasteiger partial charge in [-0.1, -0.05) is 88.4 Å². The molecule has 0 aliphatic rings. The predicted octanol–water partition coefficient (Wildman–Crippen LogP) is 5.51. The van der Waals surface area contributed by atoms with Gasteiger partial charge in [0.25, 0.3) is 0 Å². The van der Waals surface area contributed by atoms with Crippen LogP contribution in [-0.2, 0) is 8.23 Å². The van der Waals surface area contributed by atoms with E-state index in [2.05, 4.69) is 101 Å².